The molecule has 0 aromatic heterocycles. The summed E-state index contributed by atoms with van der Waals surface area (Å²) in [4.78, 5) is 11.9. The molecule has 3 nitrogen and oxygen atoms in total. The lowest BCUT2D eigenvalue weighted by molar-refractivity contribution is -0.114. The fraction of sp³-hybridized carbons (Fsp3) is 0.188. The SMILES string of the molecule is Cc1cc(C)c(NC(=O)CNc2cccc(F)c2)c(Cl)c1. The summed E-state index contributed by atoms with van der Waals surface area (Å²) in [5.41, 5.74) is 3.10. The summed E-state index contributed by atoms with van der Waals surface area (Å²) in [7, 11) is 0. The molecule has 1 amide bonds. The van der Waals surface area contributed by atoms with Gasteiger partial charge in [0.2, 0.25) is 5.91 Å². The van der Waals surface area contributed by atoms with Crippen LogP contribution in [0.1, 0.15) is 11.1 Å². The minimum absolute atomic E-state index is 0.0348. The molecule has 0 heterocycles. The molecule has 2 rings (SSSR count). The monoisotopic (exact) mass is 306 g/mol. The first kappa shape index (κ1) is 15.3. The van der Waals surface area contributed by atoms with Gasteiger partial charge in [-0.2, -0.15) is 0 Å². The highest BCUT2D eigenvalue weighted by molar-refractivity contribution is 6.34. The summed E-state index contributed by atoms with van der Waals surface area (Å²) in [6, 6.07) is 9.70. The Bertz CT molecular complexity index is 650. The lowest BCUT2D eigenvalue weighted by atomic mass is 10.1. The van der Waals surface area contributed by atoms with Crippen molar-refractivity contribution in [2.75, 3.05) is 17.2 Å². The highest BCUT2D eigenvalue weighted by Crippen LogP contribution is 2.27. The molecule has 2 aromatic carbocycles. The van der Waals surface area contributed by atoms with Gasteiger partial charge in [-0.1, -0.05) is 23.7 Å². The quantitative estimate of drug-likeness (QED) is 0.891. The molecule has 2 aromatic rings. The van der Waals surface area contributed by atoms with Gasteiger partial charge in [-0.3, -0.25) is 4.79 Å². The Labute approximate surface area is 128 Å². The van der Waals surface area contributed by atoms with Gasteiger partial charge in [0.25, 0.3) is 0 Å². The van der Waals surface area contributed by atoms with E-state index in [2.05, 4.69) is 10.6 Å². The maximum atomic E-state index is 13.0. The van der Waals surface area contributed by atoms with Crippen molar-refractivity contribution < 1.29 is 9.18 Å². The second-order valence-corrected chi connectivity index (χ2v) is 5.26. The van der Waals surface area contributed by atoms with Crippen LogP contribution in [0.2, 0.25) is 5.02 Å². The van der Waals surface area contributed by atoms with Crippen LogP contribution in [0.25, 0.3) is 0 Å². The van der Waals surface area contributed by atoms with E-state index in [9.17, 15) is 9.18 Å². The van der Waals surface area contributed by atoms with Crippen LogP contribution in [0.5, 0.6) is 0 Å². The highest BCUT2D eigenvalue weighted by Gasteiger charge is 2.09. The summed E-state index contributed by atoms with van der Waals surface area (Å²) in [6.07, 6.45) is 0. The van der Waals surface area contributed by atoms with Crippen molar-refractivity contribution in [2.45, 2.75) is 13.8 Å². The molecule has 0 aliphatic rings. The molecule has 0 saturated carbocycles. The third kappa shape index (κ3) is 4.20. The topological polar surface area (TPSA) is 41.1 Å². The predicted octanol–water partition coefficient (Wildman–Crippen LogP) is 4.15. The molecule has 0 atom stereocenters. The first-order valence-corrected chi connectivity index (χ1v) is 6.89. The number of benzene rings is 2. The zero-order valence-electron chi connectivity index (χ0n) is 11.8. The van der Waals surface area contributed by atoms with E-state index in [1.165, 1.54) is 12.1 Å². The van der Waals surface area contributed by atoms with Crippen LogP contribution in [-0.4, -0.2) is 12.5 Å². The van der Waals surface area contributed by atoms with Gasteiger partial charge in [0, 0.05) is 5.69 Å². The van der Waals surface area contributed by atoms with E-state index in [1.54, 1.807) is 18.2 Å². The average Bonchev–Trinajstić information content (AvgIpc) is 2.40. The van der Waals surface area contributed by atoms with Gasteiger partial charge in [0.1, 0.15) is 5.82 Å². The van der Waals surface area contributed by atoms with Crippen LogP contribution in [0.4, 0.5) is 15.8 Å². The minimum atomic E-state index is -0.349. The zero-order chi connectivity index (χ0) is 15.4. The summed E-state index contributed by atoms with van der Waals surface area (Å²) < 4.78 is 13.0. The van der Waals surface area contributed by atoms with Crippen LogP contribution >= 0.6 is 11.6 Å². The Balaban J connectivity index is 1.99. The average molecular weight is 307 g/mol. The molecule has 0 unspecified atom stereocenters. The Morgan fingerprint density at radius 3 is 2.67 bits per heavy atom. The molecular weight excluding hydrogens is 291 g/mol. The van der Waals surface area contributed by atoms with Crippen LogP contribution in [0, 0.1) is 19.7 Å². The maximum Gasteiger partial charge on any atom is 0.243 e. The molecule has 5 heteroatoms. The number of carbonyl (C=O) groups excluding carboxylic acids is 1. The zero-order valence-corrected chi connectivity index (χ0v) is 12.6. The Hall–Kier alpha value is -2.07. The lowest BCUT2D eigenvalue weighted by Gasteiger charge is -2.12. The van der Waals surface area contributed by atoms with E-state index in [-0.39, 0.29) is 18.3 Å². The molecular formula is C16H16ClFN2O. The fourth-order valence-electron chi connectivity index (χ4n) is 2.04. The molecule has 2 N–H and O–H groups in total. The summed E-state index contributed by atoms with van der Waals surface area (Å²) in [6.45, 7) is 3.86. The van der Waals surface area contributed by atoms with Crippen molar-refractivity contribution in [1.82, 2.24) is 0 Å². The highest BCUT2D eigenvalue weighted by atomic mass is 35.5. The smallest absolute Gasteiger partial charge is 0.243 e. The van der Waals surface area contributed by atoms with E-state index in [4.69, 9.17) is 11.6 Å². The van der Waals surface area contributed by atoms with E-state index in [0.717, 1.165) is 11.1 Å². The lowest BCUT2D eigenvalue weighted by Crippen LogP contribution is -2.22. The molecule has 110 valence electrons. The van der Waals surface area contributed by atoms with Crippen LogP contribution < -0.4 is 10.6 Å². The number of aryl methyl sites for hydroxylation is 2. The standard InChI is InChI=1S/C16H16ClFN2O/c1-10-6-11(2)16(14(17)7-10)20-15(21)9-19-13-5-3-4-12(18)8-13/h3-8,19H,9H2,1-2H3,(H,20,21). The van der Waals surface area contributed by atoms with Gasteiger partial charge in [0.05, 0.1) is 17.3 Å². The number of amides is 1. The predicted molar refractivity (Wildman–Crippen MR) is 84.4 cm³/mol. The van der Waals surface area contributed by atoms with Gasteiger partial charge in [-0.15, -0.1) is 0 Å². The molecule has 0 spiro atoms. The number of anilines is 2. The van der Waals surface area contributed by atoms with Crippen molar-refractivity contribution in [2.24, 2.45) is 0 Å². The number of halogens is 2. The van der Waals surface area contributed by atoms with Crippen molar-refractivity contribution in [3.8, 4) is 0 Å². The third-order valence-corrected chi connectivity index (χ3v) is 3.27. The number of hydrogen-bond donors (Lipinski definition) is 2. The maximum absolute atomic E-state index is 13.0. The molecule has 0 bridgehead atoms. The molecule has 0 saturated heterocycles. The number of hydrogen-bond acceptors (Lipinski definition) is 2. The fourth-order valence-corrected chi connectivity index (χ4v) is 2.41. The van der Waals surface area contributed by atoms with Gasteiger partial charge < -0.3 is 10.6 Å². The van der Waals surface area contributed by atoms with E-state index in [1.807, 2.05) is 19.9 Å². The first-order chi connectivity index (χ1) is 9.95. The van der Waals surface area contributed by atoms with Crippen LogP contribution in [0.15, 0.2) is 36.4 Å². The van der Waals surface area contributed by atoms with E-state index >= 15 is 0 Å². The number of carbonyl (C=O) groups is 1. The first-order valence-electron chi connectivity index (χ1n) is 6.52. The van der Waals surface area contributed by atoms with Gasteiger partial charge in [-0.05, 0) is 49.2 Å². The van der Waals surface area contributed by atoms with E-state index < -0.39 is 0 Å². The van der Waals surface area contributed by atoms with Crippen LogP contribution in [-0.2, 0) is 4.79 Å². The largest absolute Gasteiger partial charge is 0.376 e. The number of nitrogens with one attached hydrogen (secondary N) is 2. The van der Waals surface area contributed by atoms with Crippen LogP contribution in [0.3, 0.4) is 0 Å². The summed E-state index contributed by atoms with van der Waals surface area (Å²) in [5.74, 6) is -0.592. The minimum Gasteiger partial charge on any atom is -0.376 e. The van der Waals surface area contributed by atoms with Gasteiger partial charge in [0.15, 0.2) is 0 Å². The van der Waals surface area contributed by atoms with Gasteiger partial charge in [-0.25, -0.2) is 4.39 Å². The normalized spacial score (nSPS) is 10.3. The third-order valence-electron chi connectivity index (χ3n) is 2.97. The van der Waals surface area contributed by atoms with Gasteiger partial charge >= 0.3 is 0 Å². The molecule has 0 aliphatic heterocycles. The summed E-state index contributed by atoms with van der Waals surface area (Å²) >= 11 is 6.13. The summed E-state index contributed by atoms with van der Waals surface area (Å²) in [5, 5.41) is 6.13. The van der Waals surface area contributed by atoms with Crippen molar-refractivity contribution >= 4 is 28.9 Å². The molecule has 21 heavy (non-hydrogen) atoms. The number of rotatable bonds is 4. The Morgan fingerprint density at radius 1 is 1.24 bits per heavy atom. The molecule has 0 radical (unpaired) electrons. The van der Waals surface area contributed by atoms with Crippen molar-refractivity contribution in [1.29, 1.82) is 0 Å². The Morgan fingerprint density at radius 2 is 2.00 bits per heavy atom. The van der Waals surface area contributed by atoms with Crippen molar-refractivity contribution in [3.63, 3.8) is 0 Å². The second-order valence-electron chi connectivity index (χ2n) is 4.85. The second kappa shape index (κ2) is 6.59. The van der Waals surface area contributed by atoms with E-state index in [0.29, 0.717) is 16.4 Å². The molecule has 0 fully saturated rings. The Kier molecular flexibility index (Phi) is 4.81. The van der Waals surface area contributed by atoms with Crippen molar-refractivity contribution in [3.05, 3.63) is 58.4 Å². The molecule has 0 aliphatic carbocycles.